The second-order valence-electron chi connectivity index (χ2n) is 2.65. The standard InChI is InChI=1S/C9H9FN2O2/c1-13-12-6-5-11(14-12)9-4-2-3-8(10)7-9/h2-7H,1H3. The van der Waals surface area contributed by atoms with E-state index in [1.807, 2.05) is 0 Å². The van der Waals surface area contributed by atoms with Gasteiger partial charge in [-0.2, -0.15) is 0 Å². The van der Waals surface area contributed by atoms with Crippen molar-refractivity contribution in [2.24, 2.45) is 0 Å². The van der Waals surface area contributed by atoms with Crippen molar-refractivity contribution in [3.63, 3.8) is 0 Å². The SMILES string of the molecule is CON1C=CN(c2cccc(F)c2)O1. The minimum absolute atomic E-state index is 0.310. The largest absolute Gasteiger partial charge is 0.251 e. The first kappa shape index (κ1) is 8.98. The fourth-order valence-corrected chi connectivity index (χ4v) is 1.10. The molecule has 0 bridgehead atoms. The van der Waals surface area contributed by atoms with Gasteiger partial charge in [-0.15, -0.1) is 10.2 Å². The zero-order valence-corrected chi connectivity index (χ0v) is 7.55. The first-order valence-corrected chi connectivity index (χ1v) is 4.04. The van der Waals surface area contributed by atoms with Crippen molar-refractivity contribution < 1.29 is 14.2 Å². The Bertz CT molecular complexity index is 356. The van der Waals surface area contributed by atoms with Gasteiger partial charge in [0.2, 0.25) is 0 Å². The molecule has 74 valence electrons. The molecule has 0 fully saturated rings. The molecule has 0 saturated carbocycles. The van der Waals surface area contributed by atoms with Crippen molar-refractivity contribution >= 4 is 5.69 Å². The van der Waals surface area contributed by atoms with E-state index >= 15 is 0 Å². The van der Waals surface area contributed by atoms with Gasteiger partial charge in [-0.1, -0.05) is 6.07 Å². The molecule has 5 heteroatoms. The van der Waals surface area contributed by atoms with Crippen LogP contribution in [0.3, 0.4) is 0 Å². The van der Waals surface area contributed by atoms with E-state index in [1.165, 1.54) is 24.3 Å². The maximum absolute atomic E-state index is 12.8. The maximum atomic E-state index is 12.8. The molecule has 0 radical (unpaired) electrons. The molecule has 0 spiro atoms. The van der Waals surface area contributed by atoms with Crippen molar-refractivity contribution in [2.45, 2.75) is 0 Å². The van der Waals surface area contributed by atoms with Crippen molar-refractivity contribution in [3.05, 3.63) is 42.5 Å². The van der Waals surface area contributed by atoms with Crippen LogP contribution < -0.4 is 5.06 Å². The number of halogens is 1. The molecule has 1 aliphatic heterocycles. The smallest absolute Gasteiger partial charge is 0.125 e. The Balaban J connectivity index is 2.14. The molecule has 0 N–H and O–H groups in total. The van der Waals surface area contributed by atoms with Gasteiger partial charge in [0.05, 0.1) is 25.2 Å². The summed E-state index contributed by atoms with van der Waals surface area (Å²) in [5.41, 5.74) is 0.598. The fourth-order valence-electron chi connectivity index (χ4n) is 1.10. The molecule has 0 aromatic heterocycles. The summed E-state index contributed by atoms with van der Waals surface area (Å²) in [6.45, 7) is 0. The Labute approximate surface area is 80.6 Å². The van der Waals surface area contributed by atoms with Gasteiger partial charge in [-0.25, -0.2) is 9.45 Å². The lowest BCUT2D eigenvalue weighted by molar-refractivity contribution is -0.312. The van der Waals surface area contributed by atoms with Crippen LogP contribution in [0.5, 0.6) is 0 Å². The topological polar surface area (TPSA) is 24.9 Å². The van der Waals surface area contributed by atoms with Crippen LogP contribution in [0.4, 0.5) is 10.1 Å². The van der Waals surface area contributed by atoms with E-state index in [1.54, 1.807) is 24.5 Å². The van der Waals surface area contributed by atoms with Crippen molar-refractivity contribution in [3.8, 4) is 0 Å². The molecule has 0 atom stereocenters. The molecule has 0 amide bonds. The van der Waals surface area contributed by atoms with E-state index in [2.05, 4.69) is 0 Å². The van der Waals surface area contributed by atoms with Crippen LogP contribution in [-0.4, -0.2) is 12.3 Å². The number of hydroxylamine groups is 3. The van der Waals surface area contributed by atoms with E-state index in [9.17, 15) is 4.39 Å². The summed E-state index contributed by atoms with van der Waals surface area (Å²) in [6, 6.07) is 6.07. The Kier molecular flexibility index (Phi) is 2.34. The van der Waals surface area contributed by atoms with Gasteiger partial charge in [0.1, 0.15) is 5.82 Å². The Morgan fingerprint density at radius 2 is 2.21 bits per heavy atom. The third-order valence-corrected chi connectivity index (χ3v) is 1.73. The normalized spacial score (nSPS) is 15.3. The molecule has 0 saturated heterocycles. The number of hydrogen-bond donors (Lipinski definition) is 0. The average Bonchev–Trinajstić information content (AvgIpc) is 2.66. The van der Waals surface area contributed by atoms with E-state index in [0.29, 0.717) is 5.69 Å². The van der Waals surface area contributed by atoms with Crippen LogP contribution in [0.15, 0.2) is 36.7 Å². The number of anilines is 1. The lowest BCUT2D eigenvalue weighted by atomic mass is 10.3. The second kappa shape index (κ2) is 3.65. The highest BCUT2D eigenvalue weighted by atomic mass is 19.1. The molecular weight excluding hydrogens is 187 g/mol. The number of hydrogen-bond acceptors (Lipinski definition) is 4. The Morgan fingerprint density at radius 1 is 1.36 bits per heavy atom. The van der Waals surface area contributed by atoms with Crippen LogP contribution in [0, 0.1) is 5.82 Å². The highest BCUT2D eigenvalue weighted by Crippen LogP contribution is 2.20. The first-order valence-electron chi connectivity index (χ1n) is 4.04. The van der Waals surface area contributed by atoms with Gasteiger partial charge in [0.25, 0.3) is 0 Å². The van der Waals surface area contributed by atoms with Crippen molar-refractivity contribution in [2.75, 3.05) is 12.2 Å². The van der Waals surface area contributed by atoms with Crippen LogP contribution in [0.1, 0.15) is 0 Å². The molecule has 1 aromatic rings. The Morgan fingerprint density at radius 3 is 2.86 bits per heavy atom. The van der Waals surface area contributed by atoms with Gasteiger partial charge >= 0.3 is 0 Å². The van der Waals surface area contributed by atoms with Gasteiger partial charge in [0, 0.05) is 6.07 Å². The summed E-state index contributed by atoms with van der Waals surface area (Å²) in [6.07, 6.45) is 3.20. The molecule has 2 rings (SSSR count). The quantitative estimate of drug-likeness (QED) is 0.720. The van der Waals surface area contributed by atoms with Crippen molar-refractivity contribution in [1.29, 1.82) is 0 Å². The lowest BCUT2D eigenvalue weighted by Crippen LogP contribution is -2.20. The van der Waals surface area contributed by atoms with E-state index < -0.39 is 0 Å². The first-order chi connectivity index (χ1) is 6.79. The summed E-state index contributed by atoms with van der Waals surface area (Å²) in [7, 11) is 1.47. The zero-order valence-electron chi connectivity index (χ0n) is 7.55. The van der Waals surface area contributed by atoms with Crippen LogP contribution in [-0.2, 0) is 9.78 Å². The van der Waals surface area contributed by atoms with Gasteiger partial charge in [-0.05, 0) is 12.1 Å². The summed E-state index contributed by atoms with van der Waals surface area (Å²) < 4.78 is 12.8. The molecule has 0 aliphatic carbocycles. The van der Waals surface area contributed by atoms with Gasteiger partial charge in [-0.3, -0.25) is 4.84 Å². The van der Waals surface area contributed by atoms with Crippen LogP contribution >= 0.6 is 0 Å². The minimum Gasteiger partial charge on any atom is -0.251 e. The lowest BCUT2D eigenvalue weighted by Gasteiger charge is -2.17. The summed E-state index contributed by atoms with van der Waals surface area (Å²) >= 11 is 0. The Hall–Kier alpha value is -1.59. The van der Waals surface area contributed by atoms with Crippen LogP contribution in [0.2, 0.25) is 0 Å². The molecule has 0 unspecified atom stereocenters. The second-order valence-corrected chi connectivity index (χ2v) is 2.65. The van der Waals surface area contributed by atoms with Gasteiger partial charge in [0.15, 0.2) is 0 Å². The molecule has 4 nitrogen and oxygen atoms in total. The van der Waals surface area contributed by atoms with E-state index in [0.717, 1.165) is 5.23 Å². The molecular formula is C9H9FN2O2. The molecule has 1 aromatic carbocycles. The number of nitrogens with zero attached hydrogens (tertiary/aromatic N) is 2. The van der Waals surface area contributed by atoms with Crippen LogP contribution in [0.25, 0.3) is 0 Å². The summed E-state index contributed by atoms with van der Waals surface area (Å²) in [5, 5.41) is 2.55. The third-order valence-electron chi connectivity index (χ3n) is 1.73. The summed E-state index contributed by atoms with van der Waals surface area (Å²) in [5.74, 6) is -0.310. The fraction of sp³-hybridized carbons (Fsp3) is 0.111. The number of rotatable bonds is 2. The minimum atomic E-state index is -0.310. The molecule has 1 aliphatic rings. The zero-order chi connectivity index (χ0) is 9.97. The monoisotopic (exact) mass is 196 g/mol. The van der Waals surface area contributed by atoms with Gasteiger partial charge < -0.3 is 0 Å². The average molecular weight is 196 g/mol. The maximum Gasteiger partial charge on any atom is 0.125 e. The predicted octanol–water partition coefficient (Wildman–Crippen LogP) is 1.83. The highest BCUT2D eigenvalue weighted by molar-refractivity contribution is 5.46. The van der Waals surface area contributed by atoms with Crippen molar-refractivity contribution in [1.82, 2.24) is 5.23 Å². The highest BCUT2D eigenvalue weighted by Gasteiger charge is 2.15. The van der Waals surface area contributed by atoms with E-state index in [4.69, 9.17) is 9.78 Å². The molecule has 14 heavy (non-hydrogen) atoms. The number of benzene rings is 1. The molecule has 1 heterocycles. The third kappa shape index (κ3) is 1.68. The summed E-state index contributed by atoms with van der Waals surface area (Å²) in [4.78, 5) is 9.90. The van der Waals surface area contributed by atoms with E-state index in [-0.39, 0.29) is 5.82 Å². The predicted molar refractivity (Wildman–Crippen MR) is 48.0 cm³/mol.